The van der Waals surface area contributed by atoms with Gasteiger partial charge in [-0.05, 0) is 53.8 Å². The molecular weight excluding hydrogens is 296 g/mol. The van der Waals surface area contributed by atoms with Gasteiger partial charge >= 0.3 is 0 Å². The van der Waals surface area contributed by atoms with E-state index in [0.29, 0.717) is 31.6 Å². The topological polar surface area (TPSA) is 90.2 Å². The number of phenolic OH excluding ortho intramolecular Hbond substituents is 2. The molecule has 5 heteroatoms. The molecular formula is C18H22O5. The SMILES string of the molecule is OCCc1ccc(O)c(OCCc2cc(O)ccc2CCO)c1. The Morgan fingerprint density at radius 2 is 1.57 bits per heavy atom. The second-order valence-electron chi connectivity index (χ2n) is 5.30. The smallest absolute Gasteiger partial charge is 0.161 e. The first-order chi connectivity index (χ1) is 11.1. The molecule has 0 bridgehead atoms. The summed E-state index contributed by atoms with van der Waals surface area (Å²) < 4.78 is 5.62. The third-order valence-corrected chi connectivity index (χ3v) is 3.62. The summed E-state index contributed by atoms with van der Waals surface area (Å²) in [4.78, 5) is 0. The van der Waals surface area contributed by atoms with E-state index in [1.807, 2.05) is 0 Å². The van der Waals surface area contributed by atoms with Gasteiger partial charge in [-0.1, -0.05) is 12.1 Å². The van der Waals surface area contributed by atoms with Gasteiger partial charge in [-0.3, -0.25) is 0 Å². The number of aliphatic hydroxyl groups is 2. The highest BCUT2D eigenvalue weighted by molar-refractivity contribution is 5.42. The van der Waals surface area contributed by atoms with Crippen LogP contribution in [0.4, 0.5) is 0 Å². The van der Waals surface area contributed by atoms with E-state index in [2.05, 4.69) is 0 Å². The summed E-state index contributed by atoms with van der Waals surface area (Å²) >= 11 is 0. The molecule has 0 aromatic heterocycles. The van der Waals surface area contributed by atoms with Gasteiger partial charge in [0.2, 0.25) is 0 Å². The lowest BCUT2D eigenvalue weighted by Gasteiger charge is -2.12. The van der Waals surface area contributed by atoms with Crippen molar-refractivity contribution in [1.82, 2.24) is 0 Å². The lowest BCUT2D eigenvalue weighted by molar-refractivity contribution is 0.292. The maximum Gasteiger partial charge on any atom is 0.161 e. The molecule has 0 aliphatic carbocycles. The van der Waals surface area contributed by atoms with Crippen LogP contribution in [0.3, 0.4) is 0 Å². The third kappa shape index (κ3) is 4.87. The van der Waals surface area contributed by atoms with Crippen molar-refractivity contribution < 1.29 is 25.2 Å². The largest absolute Gasteiger partial charge is 0.508 e. The Kier molecular flexibility index (Phi) is 6.26. The van der Waals surface area contributed by atoms with Gasteiger partial charge in [0, 0.05) is 19.6 Å². The van der Waals surface area contributed by atoms with Gasteiger partial charge in [0.25, 0.3) is 0 Å². The van der Waals surface area contributed by atoms with Gasteiger partial charge in [-0.25, -0.2) is 0 Å². The van der Waals surface area contributed by atoms with Gasteiger partial charge in [0.15, 0.2) is 11.5 Å². The Hall–Kier alpha value is -2.24. The molecule has 5 nitrogen and oxygen atoms in total. The number of aliphatic hydroxyl groups excluding tert-OH is 2. The number of ether oxygens (including phenoxy) is 1. The number of aromatic hydroxyl groups is 2. The van der Waals surface area contributed by atoms with Crippen LogP contribution in [0.2, 0.25) is 0 Å². The second-order valence-corrected chi connectivity index (χ2v) is 5.30. The van der Waals surface area contributed by atoms with Crippen molar-refractivity contribution in [3.05, 3.63) is 53.1 Å². The van der Waals surface area contributed by atoms with E-state index in [1.54, 1.807) is 36.4 Å². The van der Waals surface area contributed by atoms with Crippen molar-refractivity contribution in [2.75, 3.05) is 19.8 Å². The average Bonchev–Trinajstić information content (AvgIpc) is 2.53. The zero-order valence-electron chi connectivity index (χ0n) is 12.9. The minimum absolute atomic E-state index is 0.0397. The Bertz CT molecular complexity index is 639. The van der Waals surface area contributed by atoms with Crippen LogP contribution in [0.25, 0.3) is 0 Å². The monoisotopic (exact) mass is 318 g/mol. The molecule has 0 radical (unpaired) electrons. The highest BCUT2D eigenvalue weighted by Crippen LogP contribution is 2.27. The van der Waals surface area contributed by atoms with Crippen molar-refractivity contribution >= 4 is 0 Å². The summed E-state index contributed by atoms with van der Waals surface area (Å²) in [5.41, 5.74) is 2.76. The molecule has 0 saturated heterocycles. The first-order valence-corrected chi connectivity index (χ1v) is 7.61. The molecule has 4 N–H and O–H groups in total. The van der Waals surface area contributed by atoms with Crippen LogP contribution in [0.5, 0.6) is 17.2 Å². The van der Waals surface area contributed by atoms with E-state index in [1.165, 1.54) is 0 Å². The minimum Gasteiger partial charge on any atom is -0.508 e. The van der Waals surface area contributed by atoms with Crippen LogP contribution in [0, 0.1) is 0 Å². The highest BCUT2D eigenvalue weighted by atomic mass is 16.5. The highest BCUT2D eigenvalue weighted by Gasteiger charge is 2.07. The lowest BCUT2D eigenvalue weighted by atomic mass is 10.0. The van der Waals surface area contributed by atoms with Gasteiger partial charge in [-0.2, -0.15) is 0 Å². The molecule has 0 aliphatic rings. The van der Waals surface area contributed by atoms with E-state index in [4.69, 9.17) is 14.9 Å². The first kappa shape index (κ1) is 17.1. The van der Waals surface area contributed by atoms with Crippen LogP contribution in [0.15, 0.2) is 36.4 Å². The molecule has 2 rings (SSSR count). The predicted octanol–water partition coefficient (Wildman–Crippen LogP) is 1.79. The Balaban J connectivity index is 2.02. The van der Waals surface area contributed by atoms with Crippen molar-refractivity contribution in [2.45, 2.75) is 19.3 Å². The van der Waals surface area contributed by atoms with Crippen LogP contribution < -0.4 is 4.74 Å². The molecule has 0 atom stereocenters. The maximum atomic E-state index is 9.82. The number of rotatable bonds is 8. The standard InChI is InChI=1S/C18H22O5/c19-8-5-13-1-4-17(22)18(11-13)23-10-7-15-12-16(21)3-2-14(15)6-9-20/h1-4,11-12,19-22H,5-10H2. The minimum atomic E-state index is 0.0397. The zero-order chi connectivity index (χ0) is 16.7. The van der Waals surface area contributed by atoms with Crippen molar-refractivity contribution in [3.8, 4) is 17.2 Å². The molecule has 2 aromatic carbocycles. The van der Waals surface area contributed by atoms with Crippen LogP contribution in [-0.2, 0) is 19.3 Å². The molecule has 0 amide bonds. The van der Waals surface area contributed by atoms with E-state index in [0.717, 1.165) is 16.7 Å². The van der Waals surface area contributed by atoms with E-state index in [-0.39, 0.29) is 24.7 Å². The van der Waals surface area contributed by atoms with Crippen LogP contribution in [0.1, 0.15) is 16.7 Å². The van der Waals surface area contributed by atoms with Crippen molar-refractivity contribution in [2.24, 2.45) is 0 Å². The van der Waals surface area contributed by atoms with E-state index in [9.17, 15) is 10.2 Å². The quantitative estimate of drug-likeness (QED) is 0.596. The van der Waals surface area contributed by atoms with Gasteiger partial charge in [0.1, 0.15) is 5.75 Å². The Morgan fingerprint density at radius 1 is 0.783 bits per heavy atom. The summed E-state index contributed by atoms with van der Waals surface area (Å²) in [5, 5.41) is 37.5. The fourth-order valence-electron chi connectivity index (χ4n) is 2.44. The van der Waals surface area contributed by atoms with E-state index < -0.39 is 0 Å². The van der Waals surface area contributed by atoms with Crippen LogP contribution >= 0.6 is 0 Å². The number of phenols is 2. The zero-order valence-corrected chi connectivity index (χ0v) is 12.9. The normalized spacial score (nSPS) is 10.7. The molecule has 0 spiro atoms. The molecule has 0 saturated carbocycles. The van der Waals surface area contributed by atoms with Crippen molar-refractivity contribution in [1.29, 1.82) is 0 Å². The Morgan fingerprint density at radius 3 is 2.30 bits per heavy atom. The molecule has 0 fully saturated rings. The van der Waals surface area contributed by atoms with Gasteiger partial charge in [-0.15, -0.1) is 0 Å². The summed E-state index contributed by atoms with van der Waals surface area (Å²) in [7, 11) is 0. The predicted molar refractivity (Wildman–Crippen MR) is 87.0 cm³/mol. The van der Waals surface area contributed by atoms with Crippen LogP contribution in [-0.4, -0.2) is 40.2 Å². The fraction of sp³-hybridized carbons (Fsp3) is 0.333. The lowest BCUT2D eigenvalue weighted by Crippen LogP contribution is -2.05. The number of hydrogen-bond donors (Lipinski definition) is 4. The summed E-state index contributed by atoms with van der Waals surface area (Å²) in [6.07, 6.45) is 1.57. The number of benzene rings is 2. The number of hydrogen-bond acceptors (Lipinski definition) is 5. The summed E-state index contributed by atoms with van der Waals surface area (Å²) in [5.74, 6) is 0.604. The first-order valence-electron chi connectivity index (χ1n) is 7.61. The Labute approximate surface area is 135 Å². The van der Waals surface area contributed by atoms with Crippen molar-refractivity contribution in [3.63, 3.8) is 0 Å². The molecule has 23 heavy (non-hydrogen) atoms. The van der Waals surface area contributed by atoms with Gasteiger partial charge < -0.3 is 25.2 Å². The summed E-state index contributed by atoms with van der Waals surface area (Å²) in [6, 6.07) is 10.1. The summed E-state index contributed by atoms with van der Waals surface area (Å²) in [6.45, 7) is 0.415. The van der Waals surface area contributed by atoms with Gasteiger partial charge in [0.05, 0.1) is 6.61 Å². The van der Waals surface area contributed by atoms with E-state index >= 15 is 0 Å². The fourth-order valence-corrected chi connectivity index (χ4v) is 2.44. The molecule has 0 heterocycles. The maximum absolute atomic E-state index is 9.82. The average molecular weight is 318 g/mol. The molecule has 124 valence electrons. The second kappa shape index (κ2) is 8.41. The molecule has 0 aliphatic heterocycles. The molecule has 2 aromatic rings. The molecule has 0 unspecified atom stereocenters. The third-order valence-electron chi connectivity index (χ3n) is 3.62.